The summed E-state index contributed by atoms with van der Waals surface area (Å²) in [7, 11) is 0. The summed E-state index contributed by atoms with van der Waals surface area (Å²) in [5.41, 5.74) is 3.14. The zero-order valence-electron chi connectivity index (χ0n) is 23.1. The zero-order valence-corrected chi connectivity index (χ0v) is 23.1. The number of nitrogens with one attached hydrogen (secondary N) is 1. The fourth-order valence-electron chi connectivity index (χ4n) is 4.85. The van der Waals surface area contributed by atoms with Crippen molar-refractivity contribution in [2.24, 2.45) is 0 Å². The van der Waals surface area contributed by atoms with E-state index in [0.717, 1.165) is 34.8 Å². The normalized spacial score (nSPS) is 15.2. The molecule has 0 spiro atoms. The lowest BCUT2D eigenvalue weighted by Crippen LogP contribution is -2.47. The van der Waals surface area contributed by atoms with Gasteiger partial charge in [-0.05, 0) is 73.4 Å². The summed E-state index contributed by atoms with van der Waals surface area (Å²) in [6, 6.07) is 15.7. The van der Waals surface area contributed by atoms with Crippen molar-refractivity contribution in [2.45, 2.75) is 51.1 Å². The number of carbonyl (C=O) groups is 1. The van der Waals surface area contributed by atoms with Crippen molar-refractivity contribution in [1.29, 1.82) is 0 Å². The summed E-state index contributed by atoms with van der Waals surface area (Å²) >= 11 is 0. The number of nitrogens with zero attached hydrogens (tertiary/aromatic N) is 3. The number of hydrogen-bond donors (Lipinski definition) is 1. The Kier molecular flexibility index (Phi) is 9.93. The summed E-state index contributed by atoms with van der Waals surface area (Å²) in [5, 5.41) is 3.30. The minimum atomic E-state index is -4.45. The molecular weight excluding hydrogens is 558 g/mol. The van der Waals surface area contributed by atoms with Crippen LogP contribution in [0.25, 0.3) is 6.08 Å². The van der Waals surface area contributed by atoms with Gasteiger partial charge < -0.3 is 15.1 Å². The molecule has 1 N–H and O–H groups in total. The van der Waals surface area contributed by atoms with Crippen molar-refractivity contribution in [3.05, 3.63) is 95.3 Å². The van der Waals surface area contributed by atoms with Crippen LogP contribution in [0.4, 0.5) is 37.7 Å². The summed E-state index contributed by atoms with van der Waals surface area (Å²) in [6.45, 7) is 2.96. The number of halogens is 6. The van der Waals surface area contributed by atoms with Gasteiger partial charge in [0.15, 0.2) is 0 Å². The third kappa shape index (κ3) is 9.34. The molecule has 0 bridgehead atoms. The Hall–Kier alpha value is -3.86. The lowest BCUT2D eigenvalue weighted by atomic mass is 10.0. The van der Waals surface area contributed by atoms with Gasteiger partial charge in [0.25, 0.3) is 0 Å². The number of rotatable bonds is 9. The van der Waals surface area contributed by atoms with Crippen LogP contribution < -0.4 is 5.32 Å². The van der Waals surface area contributed by atoms with Crippen LogP contribution in [0.5, 0.6) is 0 Å². The smallest absolute Gasteiger partial charge is 0.355 e. The SMILES string of the molecule is Cc1cc(Nc2ccc(CN(C(=O)C=Cc3ccc(C(F)(F)F)cc3)C3CCN(CCC(F)(F)F)CC3)cc2)ccn1. The first-order chi connectivity index (χ1) is 19.9. The predicted molar refractivity (Wildman–Crippen MR) is 150 cm³/mol. The van der Waals surface area contributed by atoms with Crippen LogP contribution in [0.1, 0.15) is 41.6 Å². The van der Waals surface area contributed by atoms with E-state index in [-0.39, 0.29) is 25.0 Å². The Morgan fingerprint density at radius 1 is 0.976 bits per heavy atom. The van der Waals surface area contributed by atoms with Gasteiger partial charge in [0.1, 0.15) is 0 Å². The number of alkyl halides is 6. The molecule has 1 aliphatic rings. The van der Waals surface area contributed by atoms with Gasteiger partial charge in [0.05, 0.1) is 12.0 Å². The van der Waals surface area contributed by atoms with Crippen molar-refractivity contribution >= 4 is 23.4 Å². The second-order valence-electron chi connectivity index (χ2n) is 10.4. The molecule has 2 heterocycles. The average molecular weight is 591 g/mol. The van der Waals surface area contributed by atoms with Crippen LogP contribution in [0.2, 0.25) is 0 Å². The Morgan fingerprint density at radius 3 is 2.24 bits per heavy atom. The largest absolute Gasteiger partial charge is 0.416 e. The number of hydrogen-bond acceptors (Lipinski definition) is 4. The highest BCUT2D eigenvalue weighted by atomic mass is 19.4. The molecule has 11 heteroatoms. The molecular formula is C31H32F6N4O. The molecule has 3 aromatic rings. The maximum Gasteiger partial charge on any atom is 0.416 e. The molecule has 1 fully saturated rings. The third-order valence-electron chi connectivity index (χ3n) is 7.14. The number of benzene rings is 2. The summed E-state index contributed by atoms with van der Waals surface area (Å²) in [6.07, 6.45) is -4.02. The summed E-state index contributed by atoms with van der Waals surface area (Å²) < 4.78 is 76.7. The van der Waals surface area contributed by atoms with E-state index < -0.39 is 24.3 Å². The second-order valence-corrected chi connectivity index (χ2v) is 10.4. The van der Waals surface area contributed by atoms with Gasteiger partial charge in [0, 0.05) is 61.6 Å². The van der Waals surface area contributed by atoms with E-state index in [4.69, 9.17) is 0 Å². The third-order valence-corrected chi connectivity index (χ3v) is 7.14. The summed E-state index contributed by atoms with van der Waals surface area (Å²) in [4.78, 5) is 21.0. The molecule has 0 aliphatic carbocycles. The van der Waals surface area contributed by atoms with Crippen LogP contribution in [-0.4, -0.2) is 52.5 Å². The van der Waals surface area contributed by atoms with Crippen molar-refractivity contribution in [3.63, 3.8) is 0 Å². The van der Waals surface area contributed by atoms with E-state index in [0.29, 0.717) is 31.5 Å². The molecule has 1 aromatic heterocycles. The Morgan fingerprint density at radius 2 is 1.64 bits per heavy atom. The van der Waals surface area contributed by atoms with E-state index in [1.807, 2.05) is 43.3 Å². The molecule has 1 saturated heterocycles. The van der Waals surface area contributed by atoms with Crippen molar-refractivity contribution < 1.29 is 31.1 Å². The molecule has 0 radical (unpaired) electrons. The number of aromatic nitrogens is 1. The fraction of sp³-hybridized carbons (Fsp3) is 0.355. The van der Waals surface area contributed by atoms with Gasteiger partial charge in [-0.1, -0.05) is 24.3 Å². The average Bonchev–Trinajstić information content (AvgIpc) is 2.94. The topological polar surface area (TPSA) is 48.5 Å². The van der Waals surface area contributed by atoms with Gasteiger partial charge in [-0.25, -0.2) is 0 Å². The number of amides is 1. The second kappa shape index (κ2) is 13.4. The molecule has 0 atom stereocenters. The quantitative estimate of drug-likeness (QED) is 0.206. The van der Waals surface area contributed by atoms with Crippen LogP contribution in [0.3, 0.4) is 0 Å². The van der Waals surface area contributed by atoms with Gasteiger partial charge in [-0.15, -0.1) is 0 Å². The minimum absolute atomic E-state index is 0.0799. The Bertz CT molecular complexity index is 1350. The maximum atomic E-state index is 13.4. The first-order valence-corrected chi connectivity index (χ1v) is 13.6. The molecule has 42 heavy (non-hydrogen) atoms. The van der Waals surface area contributed by atoms with Crippen molar-refractivity contribution in [3.8, 4) is 0 Å². The lowest BCUT2D eigenvalue weighted by molar-refractivity contribution is -0.139. The van der Waals surface area contributed by atoms with Gasteiger partial charge in [-0.3, -0.25) is 9.78 Å². The van der Waals surface area contributed by atoms with Crippen LogP contribution in [0.15, 0.2) is 72.9 Å². The molecule has 224 valence electrons. The maximum absolute atomic E-state index is 13.4. The van der Waals surface area contributed by atoms with Crippen molar-refractivity contribution in [2.75, 3.05) is 25.0 Å². The zero-order chi connectivity index (χ0) is 30.3. The monoisotopic (exact) mass is 590 g/mol. The molecule has 0 saturated carbocycles. The van der Waals surface area contributed by atoms with E-state index in [9.17, 15) is 31.1 Å². The Balaban J connectivity index is 1.46. The number of likely N-dealkylation sites (tertiary alicyclic amines) is 1. The number of pyridine rings is 1. The van der Waals surface area contributed by atoms with Crippen LogP contribution in [-0.2, 0) is 17.5 Å². The molecule has 1 aliphatic heterocycles. The van der Waals surface area contributed by atoms with E-state index in [2.05, 4.69) is 10.3 Å². The molecule has 2 aromatic carbocycles. The highest BCUT2D eigenvalue weighted by Crippen LogP contribution is 2.29. The van der Waals surface area contributed by atoms with Gasteiger partial charge in [-0.2, -0.15) is 26.3 Å². The highest BCUT2D eigenvalue weighted by Gasteiger charge is 2.32. The van der Waals surface area contributed by atoms with Gasteiger partial charge >= 0.3 is 12.4 Å². The first-order valence-electron chi connectivity index (χ1n) is 13.6. The lowest BCUT2D eigenvalue weighted by Gasteiger charge is -2.38. The summed E-state index contributed by atoms with van der Waals surface area (Å²) in [5.74, 6) is -0.321. The van der Waals surface area contributed by atoms with E-state index in [1.165, 1.54) is 24.3 Å². The predicted octanol–water partition coefficient (Wildman–Crippen LogP) is 7.61. The highest BCUT2D eigenvalue weighted by molar-refractivity contribution is 5.92. The number of anilines is 2. The van der Waals surface area contributed by atoms with E-state index in [1.54, 1.807) is 16.0 Å². The van der Waals surface area contributed by atoms with Crippen LogP contribution in [0, 0.1) is 6.92 Å². The van der Waals surface area contributed by atoms with Gasteiger partial charge in [0.2, 0.25) is 5.91 Å². The number of carbonyl (C=O) groups excluding carboxylic acids is 1. The molecule has 4 rings (SSSR count). The van der Waals surface area contributed by atoms with E-state index >= 15 is 0 Å². The molecule has 5 nitrogen and oxygen atoms in total. The van der Waals surface area contributed by atoms with Crippen LogP contribution >= 0.6 is 0 Å². The number of piperidine rings is 1. The van der Waals surface area contributed by atoms with Crippen molar-refractivity contribution in [1.82, 2.24) is 14.8 Å². The Labute approximate surface area is 240 Å². The molecule has 0 unspecified atom stereocenters. The first kappa shape index (κ1) is 31.1. The standard InChI is InChI=1S/C31H32F6N4O/c1-22-20-27(12-16-38-22)39-26-9-4-24(5-10-26)21-41(28-13-17-40(18-14-28)19-15-30(32,33)34)29(42)11-6-23-2-7-25(8-3-23)31(35,36)37/h2-12,16,20,28H,13-15,17-19,21H2,1H3,(H,38,39). The minimum Gasteiger partial charge on any atom is -0.355 e. The number of aryl methyl sites for hydroxylation is 1. The molecule has 1 amide bonds. The fourth-order valence-corrected chi connectivity index (χ4v) is 4.85.